The Bertz CT molecular complexity index is 710. The van der Waals surface area contributed by atoms with Crippen LogP contribution < -0.4 is 0 Å². The van der Waals surface area contributed by atoms with Gasteiger partial charge in [-0.05, 0) is 11.0 Å². The Morgan fingerprint density at radius 2 is 1.85 bits per heavy atom. The number of imide groups is 1. The second-order valence-corrected chi connectivity index (χ2v) is 7.58. The maximum Gasteiger partial charge on any atom is 0.414 e. The third-order valence-electron chi connectivity index (χ3n) is 3.62. The molecule has 140 valence electrons. The highest BCUT2D eigenvalue weighted by Crippen LogP contribution is 2.21. The SMILES string of the molecule is CC(C)(C)COC(=O)N(CCCl)C1=CC(=O)N(Cc2ccccc2)C1=O. The van der Waals surface area contributed by atoms with Gasteiger partial charge in [0.25, 0.3) is 11.8 Å². The molecule has 26 heavy (non-hydrogen) atoms. The monoisotopic (exact) mass is 378 g/mol. The highest BCUT2D eigenvalue weighted by atomic mass is 35.5. The molecule has 0 aromatic heterocycles. The van der Waals surface area contributed by atoms with Gasteiger partial charge in [0, 0.05) is 18.5 Å². The Labute approximate surface area is 158 Å². The van der Waals surface area contributed by atoms with Gasteiger partial charge >= 0.3 is 6.09 Å². The van der Waals surface area contributed by atoms with Crippen molar-refractivity contribution in [1.29, 1.82) is 0 Å². The minimum Gasteiger partial charge on any atom is -0.449 e. The zero-order chi connectivity index (χ0) is 19.3. The predicted molar refractivity (Wildman–Crippen MR) is 98.3 cm³/mol. The van der Waals surface area contributed by atoms with Crippen molar-refractivity contribution in [2.75, 3.05) is 19.0 Å². The van der Waals surface area contributed by atoms with Gasteiger partial charge in [-0.2, -0.15) is 0 Å². The minimum absolute atomic E-state index is 0.00881. The zero-order valence-electron chi connectivity index (χ0n) is 15.2. The van der Waals surface area contributed by atoms with Crippen molar-refractivity contribution in [3.05, 3.63) is 47.7 Å². The van der Waals surface area contributed by atoms with Gasteiger partial charge in [-0.3, -0.25) is 19.4 Å². The van der Waals surface area contributed by atoms with Crippen LogP contribution in [0.3, 0.4) is 0 Å². The van der Waals surface area contributed by atoms with Crippen LogP contribution in [0.25, 0.3) is 0 Å². The maximum absolute atomic E-state index is 12.7. The lowest BCUT2D eigenvalue weighted by molar-refractivity contribution is -0.138. The predicted octanol–water partition coefficient (Wildman–Crippen LogP) is 3.16. The normalized spacial score (nSPS) is 14.5. The van der Waals surface area contributed by atoms with E-state index in [0.717, 1.165) is 21.4 Å². The Kier molecular flexibility index (Phi) is 6.42. The largest absolute Gasteiger partial charge is 0.449 e. The Hall–Kier alpha value is -2.34. The molecule has 1 aliphatic rings. The lowest BCUT2D eigenvalue weighted by Crippen LogP contribution is -2.39. The molecule has 0 fully saturated rings. The number of benzene rings is 1. The summed E-state index contributed by atoms with van der Waals surface area (Å²) in [4.78, 5) is 39.6. The molecule has 0 bridgehead atoms. The van der Waals surface area contributed by atoms with Crippen molar-refractivity contribution in [2.24, 2.45) is 5.41 Å². The molecule has 0 unspecified atom stereocenters. The van der Waals surface area contributed by atoms with Crippen molar-refractivity contribution in [2.45, 2.75) is 27.3 Å². The van der Waals surface area contributed by atoms with E-state index in [-0.39, 0.29) is 36.7 Å². The lowest BCUT2D eigenvalue weighted by atomic mass is 9.99. The van der Waals surface area contributed by atoms with Gasteiger partial charge in [0.1, 0.15) is 5.70 Å². The summed E-state index contributed by atoms with van der Waals surface area (Å²) in [6.45, 7) is 6.19. The third-order valence-corrected chi connectivity index (χ3v) is 3.79. The first-order chi connectivity index (χ1) is 12.2. The number of rotatable bonds is 6. The minimum atomic E-state index is -0.686. The maximum atomic E-state index is 12.7. The highest BCUT2D eigenvalue weighted by molar-refractivity contribution is 6.19. The summed E-state index contributed by atoms with van der Waals surface area (Å²) in [5, 5.41) is 0. The number of hydrogen-bond acceptors (Lipinski definition) is 4. The van der Waals surface area contributed by atoms with E-state index in [1.165, 1.54) is 0 Å². The summed E-state index contributed by atoms with van der Waals surface area (Å²) >= 11 is 5.77. The van der Waals surface area contributed by atoms with Crippen LogP contribution >= 0.6 is 11.6 Å². The van der Waals surface area contributed by atoms with E-state index in [1.54, 1.807) is 0 Å². The molecule has 1 aromatic carbocycles. The smallest absolute Gasteiger partial charge is 0.414 e. The molecule has 6 nitrogen and oxygen atoms in total. The van der Waals surface area contributed by atoms with E-state index >= 15 is 0 Å². The van der Waals surface area contributed by atoms with Crippen LogP contribution in [-0.2, 0) is 20.9 Å². The number of halogens is 1. The quantitative estimate of drug-likeness (QED) is 0.563. The van der Waals surface area contributed by atoms with Crippen LogP contribution in [0.2, 0.25) is 0 Å². The van der Waals surface area contributed by atoms with Gasteiger partial charge in [-0.1, -0.05) is 51.1 Å². The summed E-state index contributed by atoms with van der Waals surface area (Å²) in [5.74, 6) is -0.879. The van der Waals surface area contributed by atoms with Crippen LogP contribution in [-0.4, -0.2) is 46.7 Å². The summed E-state index contributed by atoms with van der Waals surface area (Å²) in [5.41, 5.74) is 0.597. The molecule has 0 aliphatic carbocycles. The number of carbonyl (C=O) groups excluding carboxylic acids is 3. The molecule has 0 spiro atoms. The molecule has 0 saturated carbocycles. The van der Waals surface area contributed by atoms with E-state index in [0.29, 0.717) is 0 Å². The summed E-state index contributed by atoms with van der Waals surface area (Å²) in [7, 11) is 0. The van der Waals surface area contributed by atoms with Gasteiger partial charge in [0.2, 0.25) is 0 Å². The second-order valence-electron chi connectivity index (χ2n) is 7.20. The Balaban J connectivity index is 2.13. The molecule has 7 heteroatoms. The van der Waals surface area contributed by atoms with E-state index < -0.39 is 17.9 Å². The highest BCUT2D eigenvalue weighted by Gasteiger charge is 2.37. The molecule has 0 N–H and O–H groups in total. The van der Waals surface area contributed by atoms with Crippen LogP contribution in [0.5, 0.6) is 0 Å². The molecule has 2 rings (SSSR count). The molecular weight excluding hydrogens is 356 g/mol. The fourth-order valence-electron chi connectivity index (χ4n) is 2.35. The van der Waals surface area contributed by atoms with E-state index in [2.05, 4.69) is 0 Å². The van der Waals surface area contributed by atoms with Crippen molar-refractivity contribution in [3.8, 4) is 0 Å². The number of ether oxygens (including phenoxy) is 1. The van der Waals surface area contributed by atoms with Crippen molar-refractivity contribution in [1.82, 2.24) is 9.80 Å². The average molecular weight is 379 g/mol. The fourth-order valence-corrected chi connectivity index (χ4v) is 2.52. The number of amides is 3. The molecule has 0 saturated heterocycles. The van der Waals surface area contributed by atoms with E-state index in [9.17, 15) is 14.4 Å². The molecule has 0 radical (unpaired) electrons. The Morgan fingerprint density at radius 3 is 2.42 bits per heavy atom. The van der Waals surface area contributed by atoms with E-state index in [4.69, 9.17) is 16.3 Å². The molecule has 1 heterocycles. The van der Waals surface area contributed by atoms with Crippen molar-refractivity contribution >= 4 is 29.5 Å². The van der Waals surface area contributed by atoms with Crippen molar-refractivity contribution in [3.63, 3.8) is 0 Å². The lowest BCUT2D eigenvalue weighted by Gasteiger charge is -2.25. The van der Waals surface area contributed by atoms with Gasteiger partial charge < -0.3 is 4.74 Å². The molecule has 1 aromatic rings. The average Bonchev–Trinajstić information content (AvgIpc) is 2.86. The van der Waals surface area contributed by atoms with Crippen LogP contribution in [0.15, 0.2) is 42.1 Å². The summed E-state index contributed by atoms with van der Waals surface area (Å²) in [6.07, 6.45) is 0.477. The first-order valence-corrected chi connectivity index (χ1v) is 8.88. The van der Waals surface area contributed by atoms with Gasteiger partial charge in [-0.25, -0.2) is 4.79 Å². The van der Waals surface area contributed by atoms with Gasteiger partial charge in [0.15, 0.2) is 0 Å². The first-order valence-electron chi connectivity index (χ1n) is 8.34. The third kappa shape index (κ3) is 5.08. The molecule has 1 aliphatic heterocycles. The topological polar surface area (TPSA) is 66.9 Å². The fraction of sp³-hybridized carbons (Fsp3) is 0.421. The molecule has 0 atom stereocenters. The van der Waals surface area contributed by atoms with Gasteiger partial charge in [0.05, 0.1) is 13.2 Å². The van der Waals surface area contributed by atoms with Crippen molar-refractivity contribution < 1.29 is 19.1 Å². The van der Waals surface area contributed by atoms with E-state index in [1.807, 2.05) is 51.1 Å². The van der Waals surface area contributed by atoms with Crippen LogP contribution in [0.1, 0.15) is 26.3 Å². The zero-order valence-corrected chi connectivity index (χ0v) is 16.0. The second kappa shape index (κ2) is 8.36. The van der Waals surface area contributed by atoms with Crippen LogP contribution in [0, 0.1) is 5.41 Å². The number of hydrogen-bond donors (Lipinski definition) is 0. The Morgan fingerprint density at radius 1 is 1.19 bits per heavy atom. The number of nitrogens with zero attached hydrogens (tertiary/aromatic N) is 2. The number of carbonyl (C=O) groups is 3. The summed E-state index contributed by atoms with van der Waals surface area (Å²) < 4.78 is 5.28. The van der Waals surface area contributed by atoms with Crippen LogP contribution in [0.4, 0.5) is 4.79 Å². The van der Waals surface area contributed by atoms with Gasteiger partial charge in [-0.15, -0.1) is 11.6 Å². The molecule has 3 amide bonds. The summed E-state index contributed by atoms with van der Waals surface area (Å²) in [6, 6.07) is 9.17. The first kappa shape index (κ1) is 20.0. The number of alkyl halides is 1. The standard InChI is InChI=1S/C19H23ClN2O4/c1-19(2,3)13-26-18(25)21(10-9-20)15-11-16(23)22(17(15)24)12-14-7-5-4-6-8-14/h4-8,11H,9-10,12-13H2,1-3H3. The molecular formula is C19H23ClN2O4.